The van der Waals surface area contributed by atoms with Crippen LogP contribution in [0, 0.1) is 0 Å². The predicted octanol–water partition coefficient (Wildman–Crippen LogP) is 3.33. The smallest absolute Gasteiger partial charge is 0.330 e. The van der Waals surface area contributed by atoms with Crippen molar-refractivity contribution in [3.63, 3.8) is 0 Å². The van der Waals surface area contributed by atoms with Crippen molar-refractivity contribution in [3.05, 3.63) is 54.1 Å². The van der Waals surface area contributed by atoms with Crippen LogP contribution in [0.2, 0.25) is 0 Å². The molecule has 0 unspecified atom stereocenters. The second kappa shape index (κ2) is 9.53. The topological polar surface area (TPSA) is 52.6 Å². The number of esters is 1. The van der Waals surface area contributed by atoms with Crippen molar-refractivity contribution >= 4 is 11.8 Å². The van der Waals surface area contributed by atoms with Gasteiger partial charge in [0.05, 0.1) is 14.2 Å². The Kier molecular flexibility index (Phi) is 7.58. The van der Waals surface area contributed by atoms with Gasteiger partial charge in [0, 0.05) is 11.6 Å². The summed E-state index contributed by atoms with van der Waals surface area (Å²) in [6.07, 6.45) is 9.03. The largest absolute Gasteiger partial charge is 0.497 e. The summed E-state index contributed by atoms with van der Waals surface area (Å²) in [5.74, 6) is 0.357. The molecule has 0 amide bonds. The number of methoxy groups -OCH3 is 2. The molecule has 0 fully saturated rings. The van der Waals surface area contributed by atoms with E-state index in [2.05, 4.69) is 4.74 Å². The van der Waals surface area contributed by atoms with Crippen molar-refractivity contribution in [2.45, 2.75) is 19.3 Å². The van der Waals surface area contributed by atoms with Gasteiger partial charge < -0.3 is 9.47 Å². The van der Waals surface area contributed by atoms with Gasteiger partial charge in [-0.25, -0.2) is 4.79 Å². The Hall–Kier alpha value is -2.36. The minimum absolute atomic E-state index is 0.0252. The summed E-state index contributed by atoms with van der Waals surface area (Å²) in [5, 5.41) is 0. The summed E-state index contributed by atoms with van der Waals surface area (Å²) >= 11 is 0. The van der Waals surface area contributed by atoms with Crippen LogP contribution >= 0.6 is 0 Å². The molecule has 1 aromatic carbocycles. The standard InChI is InChI=1S/C17H20O4/c1-20-15-12-10-14(11-13-15)16(18)8-6-4-3-5-7-9-17(19)21-2/h6-13H,3-5H2,1-2H3/b8-6+,9-7+. The molecule has 0 saturated heterocycles. The number of unbranched alkanes of at least 4 members (excludes halogenated alkanes) is 2. The van der Waals surface area contributed by atoms with Gasteiger partial charge in [-0.2, -0.15) is 0 Å². The van der Waals surface area contributed by atoms with Crippen LogP contribution in [-0.4, -0.2) is 26.0 Å². The van der Waals surface area contributed by atoms with Crippen LogP contribution in [0.3, 0.4) is 0 Å². The van der Waals surface area contributed by atoms with E-state index in [0.29, 0.717) is 5.56 Å². The van der Waals surface area contributed by atoms with Gasteiger partial charge in [0.25, 0.3) is 0 Å². The Morgan fingerprint density at radius 3 is 2.19 bits per heavy atom. The lowest BCUT2D eigenvalue weighted by Crippen LogP contribution is -1.94. The van der Waals surface area contributed by atoms with E-state index in [1.54, 1.807) is 43.5 Å². The molecule has 21 heavy (non-hydrogen) atoms. The van der Waals surface area contributed by atoms with Crippen LogP contribution in [0.15, 0.2) is 48.6 Å². The number of allylic oxidation sites excluding steroid dienone is 3. The quantitative estimate of drug-likeness (QED) is 0.319. The van der Waals surface area contributed by atoms with Crippen LogP contribution in [0.4, 0.5) is 0 Å². The van der Waals surface area contributed by atoms with Crippen molar-refractivity contribution in [2.75, 3.05) is 14.2 Å². The molecule has 0 N–H and O–H groups in total. The van der Waals surface area contributed by atoms with E-state index in [1.165, 1.54) is 13.2 Å². The average Bonchev–Trinajstić information content (AvgIpc) is 2.53. The molecule has 0 saturated carbocycles. The molecular formula is C17H20O4. The van der Waals surface area contributed by atoms with Gasteiger partial charge in [0.2, 0.25) is 0 Å². The van der Waals surface area contributed by atoms with Crippen LogP contribution in [-0.2, 0) is 9.53 Å². The van der Waals surface area contributed by atoms with Gasteiger partial charge in [-0.05, 0) is 49.6 Å². The van der Waals surface area contributed by atoms with Crippen LogP contribution < -0.4 is 4.74 Å². The molecular weight excluding hydrogens is 268 g/mol. The SMILES string of the molecule is COC(=O)/C=C/CCC/C=C/C(=O)c1ccc(OC)cc1. The number of rotatable bonds is 8. The van der Waals surface area contributed by atoms with E-state index < -0.39 is 0 Å². The fourth-order valence-corrected chi connectivity index (χ4v) is 1.64. The molecule has 0 spiro atoms. The summed E-state index contributed by atoms with van der Waals surface area (Å²) in [6.45, 7) is 0. The van der Waals surface area contributed by atoms with E-state index in [9.17, 15) is 9.59 Å². The maximum absolute atomic E-state index is 11.9. The highest BCUT2D eigenvalue weighted by Crippen LogP contribution is 2.12. The van der Waals surface area contributed by atoms with Crippen LogP contribution in [0.5, 0.6) is 5.75 Å². The zero-order valence-corrected chi connectivity index (χ0v) is 12.4. The molecule has 4 heteroatoms. The first-order valence-electron chi connectivity index (χ1n) is 6.76. The molecule has 0 aliphatic rings. The second-order valence-electron chi connectivity index (χ2n) is 4.35. The van der Waals surface area contributed by atoms with E-state index >= 15 is 0 Å². The van der Waals surface area contributed by atoms with Crippen LogP contribution in [0.1, 0.15) is 29.6 Å². The monoisotopic (exact) mass is 288 g/mol. The van der Waals surface area contributed by atoms with Gasteiger partial charge in [0.15, 0.2) is 5.78 Å². The third-order valence-electron chi connectivity index (χ3n) is 2.84. The molecule has 0 aliphatic carbocycles. The lowest BCUT2D eigenvalue weighted by molar-refractivity contribution is -0.134. The Balaban J connectivity index is 2.30. The second-order valence-corrected chi connectivity index (χ2v) is 4.35. The molecule has 0 aliphatic heterocycles. The van der Waals surface area contributed by atoms with Gasteiger partial charge in [0.1, 0.15) is 5.75 Å². The predicted molar refractivity (Wildman–Crippen MR) is 81.5 cm³/mol. The molecule has 1 aromatic rings. The Labute approximate surface area is 125 Å². The average molecular weight is 288 g/mol. The molecule has 0 bridgehead atoms. The van der Waals surface area contributed by atoms with E-state index in [0.717, 1.165) is 25.0 Å². The maximum Gasteiger partial charge on any atom is 0.330 e. The lowest BCUT2D eigenvalue weighted by atomic mass is 10.1. The van der Waals surface area contributed by atoms with Crippen molar-refractivity contribution in [1.29, 1.82) is 0 Å². The molecule has 1 rings (SSSR count). The zero-order valence-electron chi connectivity index (χ0n) is 12.4. The highest BCUT2D eigenvalue weighted by Gasteiger charge is 2.01. The molecule has 0 radical (unpaired) electrons. The van der Waals surface area contributed by atoms with Gasteiger partial charge >= 0.3 is 5.97 Å². The summed E-state index contributed by atoms with van der Waals surface area (Å²) in [6, 6.07) is 7.01. The minimum atomic E-state index is -0.347. The number of ether oxygens (including phenoxy) is 2. The number of hydrogen-bond donors (Lipinski definition) is 0. The Bertz CT molecular complexity index is 512. The van der Waals surface area contributed by atoms with Crippen LogP contribution in [0.25, 0.3) is 0 Å². The van der Waals surface area contributed by atoms with Gasteiger partial charge in [-0.15, -0.1) is 0 Å². The van der Waals surface area contributed by atoms with Crippen molar-refractivity contribution in [2.24, 2.45) is 0 Å². The molecule has 0 heterocycles. The highest BCUT2D eigenvalue weighted by atomic mass is 16.5. The van der Waals surface area contributed by atoms with E-state index in [-0.39, 0.29) is 11.8 Å². The number of benzene rings is 1. The third-order valence-corrected chi connectivity index (χ3v) is 2.84. The number of hydrogen-bond acceptors (Lipinski definition) is 4. The summed E-state index contributed by atoms with van der Waals surface area (Å²) in [4.78, 5) is 22.7. The van der Waals surface area contributed by atoms with Crippen molar-refractivity contribution in [3.8, 4) is 5.75 Å². The fourth-order valence-electron chi connectivity index (χ4n) is 1.64. The number of carbonyl (C=O) groups excluding carboxylic acids is 2. The lowest BCUT2D eigenvalue weighted by Gasteiger charge is -2.00. The van der Waals surface area contributed by atoms with E-state index in [4.69, 9.17) is 4.74 Å². The Morgan fingerprint density at radius 1 is 1.00 bits per heavy atom. The van der Waals surface area contributed by atoms with E-state index in [1.807, 2.05) is 6.08 Å². The molecule has 112 valence electrons. The highest BCUT2D eigenvalue weighted by molar-refractivity contribution is 6.04. The molecule has 4 nitrogen and oxygen atoms in total. The van der Waals surface area contributed by atoms with Gasteiger partial charge in [-0.3, -0.25) is 4.79 Å². The summed E-state index contributed by atoms with van der Waals surface area (Å²) in [5.41, 5.74) is 0.637. The summed E-state index contributed by atoms with van der Waals surface area (Å²) in [7, 11) is 2.94. The zero-order chi connectivity index (χ0) is 15.5. The molecule has 0 atom stereocenters. The minimum Gasteiger partial charge on any atom is -0.497 e. The normalized spacial score (nSPS) is 11.0. The first-order chi connectivity index (χ1) is 10.2. The van der Waals surface area contributed by atoms with Crippen molar-refractivity contribution in [1.82, 2.24) is 0 Å². The Morgan fingerprint density at radius 2 is 1.62 bits per heavy atom. The number of carbonyl (C=O) groups is 2. The summed E-state index contributed by atoms with van der Waals surface area (Å²) < 4.78 is 9.52. The molecule has 0 aromatic heterocycles. The number of ketones is 1. The first kappa shape index (κ1) is 16.7. The fraction of sp³-hybridized carbons (Fsp3) is 0.294. The van der Waals surface area contributed by atoms with Crippen molar-refractivity contribution < 1.29 is 19.1 Å². The maximum atomic E-state index is 11.9. The first-order valence-corrected chi connectivity index (χ1v) is 6.76. The van der Waals surface area contributed by atoms with Gasteiger partial charge in [-0.1, -0.05) is 12.2 Å². The third kappa shape index (κ3) is 6.56.